The summed E-state index contributed by atoms with van der Waals surface area (Å²) >= 11 is 5.80. The molecule has 17 heavy (non-hydrogen) atoms. The molecule has 1 fully saturated rings. The Morgan fingerprint density at radius 3 is 2.82 bits per heavy atom. The molecule has 2 rings (SSSR count). The Morgan fingerprint density at radius 1 is 1.41 bits per heavy atom. The first-order valence-electron chi connectivity index (χ1n) is 5.34. The first kappa shape index (κ1) is 12.8. The lowest BCUT2D eigenvalue weighted by Gasteiger charge is -2.28. The molecule has 1 aromatic rings. The van der Waals surface area contributed by atoms with E-state index in [4.69, 9.17) is 22.1 Å². The van der Waals surface area contributed by atoms with E-state index in [1.807, 2.05) is 0 Å². The molecule has 0 saturated carbocycles. The van der Waals surface area contributed by atoms with Crippen LogP contribution in [0.2, 0.25) is 5.02 Å². The van der Waals surface area contributed by atoms with Gasteiger partial charge in [-0.1, -0.05) is 17.7 Å². The van der Waals surface area contributed by atoms with Gasteiger partial charge in [-0.2, -0.15) is 0 Å². The van der Waals surface area contributed by atoms with Crippen LogP contribution < -0.4 is 5.73 Å². The van der Waals surface area contributed by atoms with Crippen LogP contribution in [0.1, 0.15) is 6.42 Å². The van der Waals surface area contributed by atoms with Crippen LogP contribution in [0.4, 0.5) is 0 Å². The molecule has 0 amide bonds. The largest absolute Gasteiger partial charge is 0.380 e. The van der Waals surface area contributed by atoms with Crippen molar-refractivity contribution >= 4 is 21.4 Å². The van der Waals surface area contributed by atoms with Crippen LogP contribution in [-0.2, 0) is 14.6 Å². The highest BCUT2D eigenvalue weighted by atomic mass is 35.5. The second-order valence-corrected chi connectivity index (χ2v) is 6.67. The van der Waals surface area contributed by atoms with Crippen LogP contribution in [-0.4, -0.2) is 32.9 Å². The topological polar surface area (TPSA) is 69.4 Å². The fourth-order valence-electron chi connectivity index (χ4n) is 1.87. The zero-order chi connectivity index (χ0) is 12.5. The zero-order valence-electron chi connectivity index (χ0n) is 9.17. The van der Waals surface area contributed by atoms with E-state index in [0.717, 1.165) is 0 Å². The van der Waals surface area contributed by atoms with Crippen molar-refractivity contribution in [2.45, 2.75) is 22.6 Å². The Labute approximate surface area is 106 Å². The van der Waals surface area contributed by atoms with Crippen molar-refractivity contribution in [1.29, 1.82) is 0 Å². The molecule has 1 aliphatic heterocycles. The van der Waals surface area contributed by atoms with Crippen LogP contribution in [0, 0.1) is 0 Å². The van der Waals surface area contributed by atoms with E-state index in [1.165, 1.54) is 12.1 Å². The Morgan fingerprint density at radius 2 is 2.18 bits per heavy atom. The molecule has 0 spiro atoms. The fourth-order valence-corrected chi connectivity index (χ4v) is 3.90. The molecule has 0 aromatic heterocycles. The number of sulfone groups is 1. The van der Waals surface area contributed by atoms with Crippen molar-refractivity contribution in [2.75, 3.05) is 13.2 Å². The van der Waals surface area contributed by atoms with Crippen molar-refractivity contribution in [1.82, 2.24) is 0 Å². The number of halogens is 1. The molecule has 4 nitrogen and oxygen atoms in total. The van der Waals surface area contributed by atoms with E-state index in [0.29, 0.717) is 18.1 Å². The second-order valence-electron chi connectivity index (χ2n) is 4.07. The van der Waals surface area contributed by atoms with Crippen LogP contribution >= 0.6 is 11.6 Å². The van der Waals surface area contributed by atoms with Gasteiger partial charge in [-0.05, 0) is 24.6 Å². The van der Waals surface area contributed by atoms with Gasteiger partial charge in [0.2, 0.25) is 0 Å². The number of ether oxygens (including phenoxy) is 1. The first-order valence-corrected chi connectivity index (χ1v) is 7.27. The van der Waals surface area contributed by atoms with E-state index in [1.54, 1.807) is 12.1 Å². The van der Waals surface area contributed by atoms with E-state index in [9.17, 15) is 8.42 Å². The lowest BCUT2D eigenvalue weighted by Crippen LogP contribution is -2.47. The van der Waals surface area contributed by atoms with Crippen molar-refractivity contribution in [3.63, 3.8) is 0 Å². The SMILES string of the molecule is NC1CCOCC1S(=O)(=O)c1cccc(Cl)c1. The lowest BCUT2D eigenvalue weighted by molar-refractivity contribution is 0.0891. The van der Waals surface area contributed by atoms with Gasteiger partial charge in [0.05, 0.1) is 11.5 Å². The minimum absolute atomic E-state index is 0.149. The summed E-state index contributed by atoms with van der Waals surface area (Å²) in [7, 11) is -3.47. The maximum atomic E-state index is 12.3. The summed E-state index contributed by atoms with van der Waals surface area (Å²) in [5, 5.41) is -0.286. The number of rotatable bonds is 2. The maximum Gasteiger partial charge on any atom is 0.185 e. The molecule has 2 unspecified atom stereocenters. The van der Waals surface area contributed by atoms with Gasteiger partial charge in [-0.25, -0.2) is 8.42 Å². The van der Waals surface area contributed by atoms with Crippen LogP contribution in [0.15, 0.2) is 29.2 Å². The highest BCUT2D eigenvalue weighted by Gasteiger charge is 2.35. The molecule has 6 heteroatoms. The summed E-state index contributed by atoms with van der Waals surface area (Å²) in [6, 6.07) is 5.84. The smallest absolute Gasteiger partial charge is 0.185 e. The number of benzene rings is 1. The number of hydrogen-bond acceptors (Lipinski definition) is 4. The molecule has 0 radical (unpaired) electrons. The molecular formula is C11H14ClNO3S. The minimum atomic E-state index is -3.47. The Bertz CT molecular complexity index is 503. The molecule has 0 bridgehead atoms. The van der Waals surface area contributed by atoms with Crippen molar-refractivity contribution < 1.29 is 13.2 Å². The summed E-state index contributed by atoms with van der Waals surface area (Å²) in [6.45, 7) is 0.665. The standard InChI is InChI=1S/C11H14ClNO3S/c12-8-2-1-3-9(6-8)17(14,15)11-7-16-5-4-10(11)13/h1-3,6,10-11H,4-5,7,13H2. The van der Waals surface area contributed by atoms with Crippen molar-refractivity contribution in [3.05, 3.63) is 29.3 Å². The summed E-state index contributed by atoms with van der Waals surface area (Å²) in [4.78, 5) is 0.205. The van der Waals surface area contributed by atoms with Gasteiger partial charge in [0.15, 0.2) is 9.84 Å². The van der Waals surface area contributed by atoms with Crippen molar-refractivity contribution in [3.8, 4) is 0 Å². The second kappa shape index (κ2) is 4.94. The van der Waals surface area contributed by atoms with Gasteiger partial charge in [0.25, 0.3) is 0 Å². The summed E-state index contributed by atoms with van der Waals surface area (Å²) < 4.78 is 29.9. The molecule has 94 valence electrons. The molecule has 1 heterocycles. The zero-order valence-corrected chi connectivity index (χ0v) is 10.7. The van der Waals surface area contributed by atoms with Gasteiger partial charge in [-0.15, -0.1) is 0 Å². The van der Waals surface area contributed by atoms with Crippen LogP contribution in [0.25, 0.3) is 0 Å². The number of hydrogen-bond donors (Lipinski definition) is 1. The molecule has 2 N–H and O–H groups in total. The summed E-state index contributed by atoms with van der Waals surface area (Å²) in [5.74, 6) is 0. The quantitative estimate of drug-likeness (QED) is 0.881. The molecule has 0 aliphatic carbocycles. The maximum absolute atomic E-state index is 12.3. The summed E-state index contributed by atoms with van der Waals surface area (Å²) in [6.07, 6.45) is 0.560. The van der Waals surface area contributed by atoms with Crippen LogP contribution in [0.5, 0.6) is 0 Å². The van der Waals surface area contributed by atoms with E-state index >= 15 is 0 Å². The predicted molar refractivity (Wildman–Crippen MR) is 65.8 cm³/mol. The molecule has 2 atom stereocenters. The summed E-state index contributed by atoms with van der Waals surface area (Å²) in [5.41, 5.74) is 5.85. The third-order valence-corrected chi connectivity index (χ3v) is 5.31. The van der Waals surface area contributed by atoms with E-state index in [2.05, 4.69) is 0 Å². The molecular weight excluding hydrogens is 262 g/mol. The molecule has 1 saturated heterocycles. The Hall–Kier alpha value is -0.620. The average Bonchev–Trinajstić information content (AvgIpc) is 2.29. The highest BCUT2D eigenvalue weighted by Crippen LogP contribution is 2.24. The lowest BCUT2D eigenvalue weighted by atomic mass is 10.1. The fraction of sp³-hybridized carbons (Fsp3) is 0.455. The number of nitrogens with two attached hydrogens (primary N) is 1. The average molecular weight is 276 g/mol. The Balaban J connectivity index is 2.35. The van der Waals surface area contributed by atoms with Gasteiger partial charge in [-0.3, -0.25) is 0 Å². The molecule has 1 aromatic carbocycles. The third-order valence-electron chi connectivity index (χ3n) is 2.88. The van der Waals surface area contributed by atoms with Gasteiger partial charge in [0, 0.05) is 17.7 Å². The predicted octanol–water partition coefficient (Wildman–Crippen LogP) is 1.23. The van der Waals surface area contributed by atoms with Gasteiger partial charge >= 0.3 is 0 Å². The van der Waals surface area contributed by atoms with E-state index in [-0.39, 0.29) is 17.5 Å². The molecule has 1 aliphatic rings. The monoisotopic (exact) mass is 275 g/mol. The van der Waals surface area contributed by atoms with Crippen LogP contribution in [0.3, 0.4) is 0 Å². The highest BCUT2D eigenvalue weighted by molar-refractivity contribution is 7.92. The minimum Gasteiger partial charge on any atom is -0.380 e. The van der Waals surface area contributed by atoms with Crippen molar-refractivity contribution in [2.24, 2.45) is 5.73 Å². The third kappa shape index (κ3) is 2.63. The Kier molecular flexibility index (Phi) is 3.73. The van der Waals surface area contributed by atoms with E-state index < -0.39 is 15.1 Å². The van der Waals surface area contributed by atoms with Gasteiger partial charge in [0.1, 0.15) is 5.25 Å². The first-order chi connectivity index (χ1) is 8.01. The normalized spacial score (nSPS) is 25.8. The van der Waals surface area contributed by atoms with Gasteiger partial charge < -0.3 is 10.5 Å².